The van der Waals surface area contributed by atoms with Gasteiger partial charge in [-0.15, -0.1) is 0 Å². The van der Waals surface area contributed by atoms with Crippen LogP contribution in [0.2, 0.25) is 0 Å². The maximum absolute atomic E-state index is 12.9. The number of aliphatic hydroxyl groups excluding tert-OH is 1. The molecule has 2 aromatic heterocycles. The second-order valence-electron chi connectivity index (χ2n) is 6.97. The highest BCUT2D eigenvalue weighted by Gasteiger charge is 2.21. The van der Waals surface area contributed by atoms with Gasteiger partial charge in [0, 0.05) is 50.3 Å². The molecule has 1 fully saturated rings. The van der Waals surface area contributed by atoms with Gasteiger partial charge in [-0.1, -0.05) is 18.2 Å². The number of benzene rings is 1. The van der Waals surface area contributed by atoms with Crippen molar-refractivity contribution in [2.45, 2.75) is 13.0 Å². The number of aliphatic hydroxyl groups is 1. The van der Waals surface area contributed by atoms with Crippen molar-refractivity contribution < 1.29 is 9.90 Å². The number of hydrogen-bond donors (Lipinski definition) is 1. The van der Waals surface area contributed by atoms with E-state index in [4.69, 9.17) is 0 Å². The normalized spacial score (nSPS) is 14.5. The average molecular weight is 389 g/mol. The summed E-state index contributed by atoms with van der Waals surface area (Å²) in [4.78, 5) is 30.0. The van der Waals surface area contributed by atoms with Gasteiger partial charge >= 0.3 is 0 Å². The van der Waals surface area contributed by atoms with Crippen LogP contribution < -0.4 is 4.90 Å². The van der Waals surface area contributed by atoms with Gasteiger partial charge in [0.1, 0.15) is 0 Å². The number of nitrogens with zero attached hydrogens (tertiary/aromatic N) is 5. The van der Waals surface area contributed by atoms with Crippen LogP contribution in [0.4, 0.5) is 5.95 Å². The van der Waals surface area contributed by atoms with E-state index in [-0.39, 0.29) is 12.5 Å². The van der Waals surface area contributed by atoms with E-state index in [2.05, 4.69) is 19.9 Å². The topological polar surface area (TPSA) is 82.5 Å². The third-order valence-electron chi connectivity index (χ3n) is 5.03. The van der Waals surface area contributed by atoms with Crippen LogP contribution in [-0.4, -0.2) is 57.0 Å². The van der Waals surface area contributed by atoms with Crippen molar-refractivity contribution in [2.75, 3.05) is 31.1 Å². The Hall–Kier alpha value is -3.32. The minimum absolute atomic E-state index is 0.00952. The number of pyridine rings is 1. The summed E-state index contributed by atoms with van der Waals surface area (Å²) in [5.41, 5.74) is 3.11. The number of aromatic nitrogens is 3. The van der Waals surface area contributed by atoms with E-state index < -0.39 is 0 Å². The Balaban J connectivity index is 1.44. The number of amides is 1. The van der Waals surface area contributed by atoms with Gasteiger partial charge < -0.3 is 14.9 Å². The van der Waals surface area contributed by atoms with Crippen LogP contribution in [0.1, 0.15) is 22.3 Å². The van der Waals surface area contributed by atoms with Crippen LogP contribution in [0.5, 0.6) is 0 Å². The third kappa shape index (κ3) is 4.41. The fraction of sp³-hybridized carbons (Fsp3) is 0.273. The van der Waals surface area contributed by atoms with Crippen LogP contribution >= 0.6 is 0 Å². The second-order valence-corrected chi connectivity index (χ2v) is 6.97. The molecular formula is C22H23N5O2. The van der Waals surface area contributed by atoms with Crippen molar-refractivity contribution in [3.05, 3.63) is 72.2 Å². The Morgan fingerprint density at radius 3 is 2.59 bits per heavy atom. The Morgan fingerprint density at radius 2 is 1.83 bits per heavy atom. The fourth-order valence-electron chi connectivity index (χ4n) is 3.48. The lowest BCUT2D eigenvalue weighted by atomic mass is 10.1. The molecule has 148 valence electrons. The molecule has 0 radical (unpaired) electrons. The zero-order chi connectivity index (χ0) is 20.1. The standard InChI is InChI=1S/C22H23N5O2/c28-16-17-4-1-5-18(14-17)20-7-6-19(15-25-20)21(29)26-10-3-11-27(13-12-26)22-23-8-2-9-24-22/h1-2,4-9,14-15,28H,3,10-13,16H2. The highest BCUT2D eigenvalue weighted by molar-refractivity contribution is 5.94. The van der Waals surface area contributed by atoms with Gasteiger partial charge in [-0.3, -0.25) is 9.78 Å². The van der Waals surface area contributed by atoms with Crippen LogP contribution in [0.15, 0.2) is 61.1 Å². The maximum atomic E-state index is 12.9. The molecule has 7 heteroatoms. The Morgan fingerprint density at radius 1 is 0.966 bits per heavy atom. The molecule has 1 aliphatic rings. The van der Waals surface area contributed by atoms with E-state index in [1.807, 2.05) is 41.3 Å². The Labute approximate surface area is 169 Å². The van der Waals surface area contributed by atoms with Crippen molar-refractivity contribution in [1.29, 1.82) is 0 Å². The first-order valence-corrected chi connectivity index (χ1v) is 9.72. The average Bonchev–Trinajstić information content (AvgIpc) is 3.06. The molecule has 0 aliphatic carbocycles. The van der Waals surface area contributed by atoms with Crippen molar-refractivity contribution in [3.63, 3.8) is 0 Å². The first kappa shape index (κ1) is 19.0. The number of rotatable bonds is 4. The minimum atomic E-state index is -0.0102. The molecule has 3 heterocycles. The molecule has 0 unspecified atom stereocenters. The van der Waals surface area contributed by atoms with E-state index in [1.54, 1.807) is 24.7 Å². The Kier molecular flexibility index (Phi) is 5.76. The number of anilines is 1. The summed E-state index contributed by atoms with van der Waals surface area (Å²) in [6.07, 6.45) is 5.97. The van der Waals surface area contributed by atoms with Crippen LogP contribution in [0.3, 0.4) is 0 Å². The van der Waals surface area contributed by atoms with Gasteiger partial charge in [0.15, 0.2) is 0 Å². The molecule has 7 nitrogen and oxygen atoms in total. The van der Waals surface area contributed by atoms with Crippen LogP contribution in [0, 0.1) is 0 Å². The molecule has 1 aromatic carbocycles. The van der Waals surface area contributed by atoms with Gasteiger partial charge in [-0.25, -0.2) is 9.97 Å². The lowest BCUT2D eigenvalue weighted by molar-refractivity contribution is 0.0766. The van der Waals surface area contributed by atoms with Crippen molar-refractivity contribution in [1.82, 2.24) is 19.9 Å². The van der Waals surface area contributed by atoms with Crippen molar-refractivity contribution >= 4 is 11.9 Å². The van der Waals surface area contributed by atoms with E-state index in [0.717, 1.165) is 29.8 Å². The van der Waals surface area contributed by atoms with Gasteiger partial charge in [-0.2, -0.15) is 0 Å². The van der Waals surface area contributed by atoms with Gasteiger partial charge in [0.25, 0.3) is 5.91 Å². The SMILES string of the molecule is O=C(c1ccc(-c2cccc(CO)c2)nc1)N1CCCN(c2ncccn2)CC1. The molecule has 0 bridgehead atoms. The smallest absolute Gasteiger partial charge is 0.255 e. The summed E-state index contributed by atoms with van der Waals surface area (Å²) in [5, 5.41) is 9.30. The fourth-order valence-corrected chi connectivity index (χ4v) is 3.48. The van der Waals surface area contributed by atoms with E-state index in [0.29, 0.717) is 31.1 Å². The highest BCUT2D eigenvalue weighted by atomic mass is 16.3. The molecule has 1 amide bonds. The molecule has 1 aliphatic heterocycles. The zero-order valence-corrected chi connectivity index (χ0v) is 16.1. The van der Waals surface area contributed by atoms with Gasteiger partial charge in [0.05, 0.1) is 17.9 Å². The predicted molar refractivity (Wildman–Crippen MR) is 110 cm³/mol. The summed E-state index contributed by atoms with van der Waals surface area (Å²) in [7, 11) is 0. The number of carbonyl (C=O) groups excluding carboxylic acids is 1. The largest absolute Gasteiger partial charge is 0.392 e. The summed E-state index contributed by atoms with van der Waals surface area (Å²) in [5.74, 6) is 0.696. The quantitative estimate of drug-likeness (QED) is 0.738. The van der Waals surface area contributed by atoms with E-state index in [9.17, 15) is 9.90 Å². The molecule has 3 aromatic rings. The van der Waals surface area contributed by atoms with Gasteiger partial charge in [0.2, 0.25) is 5.95 Å². The van der Waals surface area contributed by atoms with Crippen molar-refractivity contribution in [2.24, 2.45) is 0 Å². The number of carbonyl (C=O) groups is 1. The highest BCUT2D eigenvalue weighted by Crippen LogP contribution is 2.19. The molecule has 4 rings (SSSR count). The molecule has 0 atom stereocenters. The monoisotopic (exact) mass is 389 g/mol. The van der Waals surface area contributed by atoms with Gasteiger partial charge in [-0.05, 0) is 36.2 Å². The molecule has 0 saturated carbocycles. The molecule has 1 N–H and O–H groups in total. The molecule has 29 heavy (non-hydrogen) atoms. The van der Waals surface area contributed by atoms with E-state index >= 15 is 0 Å². The molecule has 1 saturated heterocycles. The number of hydrogen-bond acceptors (Lipinski definition) is 6. The first-order chi connectivity index (χ1) is 14.2. The summed E-state index contributed by atoms with van der Waals surface area (Å²) in [6.45, 7) is 2.84. The Bertz CT molecular complexity index is 962. The first-order valence-electron chi connectivity index (χ1n) is 9.72. The lowest BCUT2D eigenvalue weighted by Crippen LogP contribution is -2.35. The van der Waals surface area contributed by atoms with Crippen molar-refractivity contribution in [3.8, 4) is 11.3 Å². The summed E-state index contributed by atoms with van der Waals surface area (Å²) >= 11 is 0. The maximum Gasteiger partial charge on any atom is 0.255 e. The lowest BCUT2D eigenvalue weighted by Gasteiger charge is -2.22. The third-order valence-corrected chi connectivity index (χ3v) is 5.03. The minimum Gasteiger partial charge on any atom is -0.392 e. The van der Waals surface area contributed by atoms with Crippen LogP contribution in [-0.2, 0) is 6.61 Å². The predicted octanol–water partition coefficient (Wildman–Crippen LogP) is 2.38. The summed E-state index contributed by atoms with van der Waals surface area (Å²) < 4.78 is 0. The summed E-state index contributed by atoms with van der Waals surface area (Å²) in [6, 6.07) is 13.1. The van der Waals surface area contributed by atoms with E-state index in [1.165, 1.54) is 0 Å². The molecule has 0 spiro atoms. The second kappa shape index (κ2) is 8.79. The zero-order valence-electron chi connectivity index (χ0n) is 16.1. The molecular weight excluding hydrogens is 366 g/mol. The van der Waals surface area contributed by atoms with Crippen LogP contribution in [0.25, 0.3) is 11.3 Å².